The number of carbonyl (C=O) groups is 1. The van der Waals surface area contributed by atoms with Crippen molar-refractivity contribution >= 4 is 23.7 Å². The molecule has 0 atom stereocenters. The fourth-order valence-electron chi connectivity index (χ4n) is 2.10. The Hall–Kier alpha value is -4.01. The maximum absolute atomic E-state index is 10.9. The van der Waals surface area contributed by atoms with Crippen molar-refractivity contribution in [3.8, 4) is 11.3 Å². The molecule has 3 rings (SSSR count). The maximum atomic E-state index is 10.9. The Morgan fingerprint density at radius 2 is 2.08 bits per heavy atom. The van der Waals surface area contributed by atoms with Crippen LogP contribution >= 0.6 is 0 Å². The highest BCUT2D eigenvalue weighted by Crippen LogP contribution is 2.22. The van der Waals surface area contributed by atoms with E-state index < -0.39 is 10.9 Å². The first kappa shape index (κ1) is 16.8. The van der Waals surface area contributed by atoms with E-state index in [1.165, 1.54) is 30.5 Å². The molecule has 26 heavy (non-hydrogen) atoms. The summed E-state index contributed by atoms with van der Waals surface area (Å²) in [5.41, 5.74) is 3.15. The molecule has 3 aromatic rings. The number of anilines is 1. The van der Waals surface area contributed by atoms with Crippen LogP contribution in [-0.4, -0.2) is 22.1 Å². The number of carbonyl (C=O) groups excluding carboxylic acids is 1. The van der Waals surface area contributed by atoms with Crippen molar-refractivity contribution in [2.75, 3.05) is 5.43 Å². The van der Waals surface area contributed by atoms with Crippen LogP contribution in [0.1, 0.15) is 16.1 Å². The number of furan rings is 1. The fourth-order valence-corrected chi connectivity index (χ4v) is 2.10. The third-order valence-corrected chi connectivity index (χ3v) is 3.34. The zero-order valence-electron chi connectivity index (χ0n) is 13.2. The Bertz CT molecular complexity index is 979. The SMILES string of the molecule is O=C([O-])c1cccc(-c2ccc(/C=N/Nc3ccc([N+](=O)[O-])cn3)o2)c1. The lowest BCUT2D eigenvalue weighted by molar-refractivity contribution is -0.385. The molecule has 0 bridgehead atoms. The van der Waals surface area contributed by atoms with Crippen molar-refractivity contribution in [3.05, 3.63) is 76.2 Å². The zero-order valence-corrected chi connectivity index (χ0v) is 13.2. The van der Waals surface area contributed by atoms with Gasteiger partial charge in [0.25, 0.3) is 5.69 Å². The smallest absolute Gasteiger partial charge is 0.287 e. The largest absolute Gasteiger partial charge is 0.545 e. The van der Waals surface area contributed by atoms with Gasteiger partial charge in [-0.05, 0) is 29.8 Å². The van der Waals surface area contributed by atoms with Crippen LogP contribution in [-0.2, 0) is 0 Å². The number of aromatic carboxylic acids is 1. The first-order valence-electron chi connectivity index (χ1n) is 7.34. The molecule has 0 radical (unpaired) electrons. The van der Waals surface area contributed by atoms with Crippen LogP contribution in [0.4, 0.5) is 11.5 Å². The van der Waals surface area contributed by atoms with Crippen molar-refractivity contribution in [3.63, 3.8) is 0 Å². The van der Waals surface area contributed by atoms with Crippen molar-refractivity contribution in [1.82, 2.24) is 4.98 Å². The van der Waals surface area contributed by atoms with Crippen molar-refractivity contribution in [2.45, 2.75) is 0 Å². The highest BCUT2D eigenvalue weighted by Gasteiger charge is 2.06. The second kappa shape index (κ2) is 7.26. The van der Waals surface area contributed by atoms with Crippen LogP contribution in [0.5, 0.6) is 0 Å². The van der Waals surface area contributed by atoms with E-state index in [1.807, 2.05) is 0 Å². The lowest BCUT2D eigenvalue weighted by Gasteiger charge is -2.03. The first-order valence-corrected chi connectivity index (χ1v) is 7.34. The van der Waals surface area contributed by atoms with E-state index in [9.17, 15) is 20.0 Å². The number of nitrogens with zero attached hydrogens (tertiary/aromatic N) is 3. The average Bonchev–Trinajstić information content (AvgIpc) is 3.11. The quantitative estimate of drug-likeness (QED) is 0.408. The number of hydrogen-bond acceptors (Lipinski definition) is 8. The van der Waals surface area contributed by atoms with Gasteiger partial charge in [-0.15, -0.1) is 0 Å². The number of nitro groups is 1. The van der Waals surface area contributed by atoms with Gasteiger partial charge in [-0.1, -0.05) is 18.2 Å². The molecule has 9 heteroatoms. The number of aromatic nitrogens is 1. The normalized spacial score (nSPS) is 10.8. The molecule has 0 aliphatic rings. The number of hydrogen-bond donors (Lipinski definition) is 1. The third kappa shape index (κ3) is 3.90. The lowest BCUT2D eigenvalue weighted by atomic mass is 10.1. The van der Waals surface area contributed by atoms with Gasteiger partial charge < -0.3 is 14.3 Å². The highest BCUT2D eigenvalue weighted by molar-refractivity contribution is 5.87. The van der Waals surface area contributed by atoms with Gasteiger partial charge in [-0.3, -0.25) is 15.5 Å². The lowest BCUT2D eigenvalue weighted by Crippen LogP contribution is -2.22. The molecule has 0 unspecified atom stereocenters. The molecule has 2 heterocycles. The first-order chi connectivity index (χ1) is 12.5. The van der Waals surface area contributed by atoms with Crippen LogP contribution in [0.2, 0.25) is 0 Å². The Labute approximate surface area is 146 Å². The molecule has 9 nitrogen and oxygen atoms in total. The number of carboxylic acids is 1. The second-order valence-corrected chi connectivity index (χ2v) is 5.10. The summed E-state index contributed by atoms with van der Waals surface area (Å²) < 4.78 is 5.58. The van der Waals surface area contributed by atoms with E-state index in [-0.39, 0.29) is 11.3 Å². The van der Waals surface area contributed by atoms with Crippen LogP contribution in [0, 0.1) is 10.1 Å². The maximum Gasteiger partial charge on any atom is 0.287 e. The summed E-state index contributed by atoms with van der Waals surface area (Å²) in [6.07, 6.45) is 2.52. The summed E-state index contributed by atoms with van der Waals surface area (Å²) in [7, 11) is 0. The minimum Gasteiger partial charge on any atom is -0.545 e. The molecule has 0 fully saturated rings. The van der Waals surface area contributed by atoms with Gasteiger partial charge in [-0.25, -0.2) is 4.98 Å². The van der Waals surface area contributed by atoms with Crippen LogP contribution in [0.15, 0.2) is 64.2 Å². The van der Waals surface area contributed by atoms with Crippen LogP contribution < -0.4 is 10.5 Å². The Kier molecular flexibility index (Phi) is 4.70. The fraction of sp³-hybridized carbons (Fsp3) is 0. The topological polar surface area (TPSA) is 134 Å². The molecule has 0 aliphatic heterocycles. The summed E-state index contributed by atoms with van der Waals surface area (Å²) in [6.45, 7) is 0. The van der Waals surface area contributed by atoms with Crippen molar-refractivity contribution in [1.29, 1.82) is 0 Å². The van der Waals surface area contributed by atoms with Gasteiger partial charge >= 0.3 is 0 Å². The summed E-state index contributed by atoms with van der Waals surface area (Å²) in [6, 6.07) is 12.3. The molecule has 0 aliphatic carbocycles. The second-order valence-electron chi connectivity index (χ2n) is 5.10. The number of nitrogens with one attached hydrogen (secondary N) is 1. The number of rotatable bonds is 6. The third-order valence-electron chi connectivity index (χ3n) is 3.34. The Morgan fingerprint density at radius 1 is 1.23 bits per heavy atom. The minimum atomic E-state index is -1.26. The van der Waals surface area contributed by atoms with Crippen LogP contribution in [0.3, 0.4) is 0 Å². The molecule has 0 spiro atoms. The molecule has 1 aromatic carbocycles. The molecular weight excluding hydrogens is 340 g/mol. The molecule has 0 saturated heterocycles. The highest BCUT2D eigenvalue weighted by atomic mass is 16.6. The minimum absolute atomic E-state index is 0.0556. The monoisotopic (exact) mass is 351 g/mol. The molecule has 1 N–H and O–H groups in total. The Balaban J connectivity index is 1.68. The van der Waals surface area contributed by atoms with E-state index in [1.54, 1.807) is 24.3 Å². The van der Waals surface area contributed by atoms with Gasteiger partial charge in [0.05, 0.1) is 17.1 Å². The van der Waals surface area contributed by atoms with Crippen molar-refractivity contribution in [2.24, 2.45) is 5.10 Å². The summed E-state index contributed by atoms with van der Waals surface area (Å²) in [4.78, 5) is 24.8. The number of pyridine rings is 1. The summed E-state index contributed by atoms with van der Waals surface area (Å²) in [5.74, 6) is -0.0310. The number of carboxylic acid groups (broad SMARTS) is 1. The predicted molar refractivity (Wildman–Crippen MR) is 90.6 cm³/mol. The van der Waals surface area contributed by atoms with Gasteiger partial charge in [0.15, 0.2) is 0 Å². The summed E-state index contributed by atoms with van der Waals surface area (Å²) >= 11 is 0. The number of benzene rings is 1. The molecule has 0 amide bonds. The summed E-state index contributed by atoms with van der Waals surface area (Å²) in [5, 5.41) is 25.4. The van der Waals surface area contributed by atoms with E-state index in [0.29, 0.717) is 22.9 Å². The van der Waals surface area contributed by atoms with Gasteiger partial charge in [-0.2, -0.15) is 5.10 Å². The van der Waals surface area contributed by atoms with E-state index in [0.717, 1.165) is 6.20 Å². The van der Waals surface area contributed by atoms with Crippen LogP contribution in [0.25, 0.3) is 11.3 Å². The molecule has 2 aromatic heterocycles. The van der Waals surface area contributed by atoms with E-state index in [2.05, 4.69) is 15.5 Å². The molecule has 0 saturated carbocycles. The average molecular weight is 351 g/mol. The van der Waals surface area contributed by atoms with E-state index >= 15 is 0 Å². The van der Waals surface area contributed by atoms with Gasteiger partial charge in [0, 0.05) is 11.6 Å². The standard InChI is InChI=1S/C17H12N4O5/c22-17(23)12-3-1-2-11(8-12)15-6-5-14(26-15)10-19-20-16-7-4-13(9-18-16)21(24)25/h1-10H,(H,18,20)(H,22,23)/p-1/b19-10+. The van der Waals surface area contributed by atoms with Crippen molar-refractivity contribution < 1.29 is 19.2 Å². The zero-order chi connectivity index (χ0) is 18.5. The van der Waals surface area contributed by atoms with Gasteiger partial charge in [0.1, 0.15) is 23.5 Å². The van der Waals surface area contributed by atoms with Gasteiger partial charge in [0.2, 0.25) is 0 Å². The van der Waals surface area contributed by atoms with E-state index in [4.69, 9.17) is 4.42 Å². The number of hydrazone groups is 1. The Morgan fingerprint density at radius 3 is 2.77 bits per heavy atom. The molecular formula is C17H11N4O5-. The molecule has 130 valence electrons. The predicted octanol–water partition coefficient (Wildman–Crippen LogP) is 2.06.